The number of fused-ring (bicyclic) bond motifs is 1. The number of nitriles is 1. The first-order valence-electron chi connectivity index (χ1n) is 6.24. The molecule has 0 radical (unpaired) electrons. The van der Waals surface area contributed by atoms with E-state index in [9.17, 15) is 5.26 Å². The van der Waals surface area contributed by atoms with Gasteiger partial charge in [-0.2, -0.15) is 5.26 Å². The topological polar surface area (TPSA) is 41.6 Å². The van der Waals surface area contributed by atoms with Crippen molar-refractivity contribution in [3.63, 3.8) is 0 Å². The number of aryl methyl sites for hydroxylation is 2. The van der Waals surface area contributed by atoms with Gasteiger partial charge in [0.1, 0.15) is 17.4 Å². The van der Waals surface area contributed by atoms with Crippen LogP contribution in [0.3, 0.4) is 0 Å². The Morgan fingerprint density at radius 2 is 2.05 bits per heavy atom. The number of imidazole rings is 1. The Kier molecular flexibility index (Phi) is 3.07. The van der Waals surface area contributed by atoms with Gasteiger partial charge in [0.15, 0.2) is 0 Å². The molecule has 0 amide bonds. The van der Waals surface area contributed by atoms with E-state index >= 15 is 0 Å². The van der Waals surface area contributed by atoms with Crippen LogP contribution in [0.1, 0.15) is 11.1 Å². The molecule has 0 bridgehead atoms. The molecule has 0 N–H and O–H groups in total. The van der Waals surface area contributed by atoms with E-state index in [1.807, 2.05) is 29.8 Å². The van der Waals surface area contributed by atoms with Crippen molar-refractivity contribution in [2.75, 3.05) is 0 Å². The molecule has 98 valence electrons. The molecule has 4 heteroatoms. The third-order valence-corrected chi connectivity index (χ3v) is 4.32. The molecule has 20 heavy (non-hydrogen) atoms. The molecular formula is C16H12BrN3. The number of para-hydroxylation sites is 1. The van der Waals surface area contributed by atoms with E-state index in [4.69, 9.17) is 0 Å². The predicted molar refractivity (Wildman–Crippen MR) is 83.3 cm³/mol. The summed E-state index contributed by atoms with van der Waals surface area (Å²) in [5.41, 5.74) is 4.55. The minimum atomic E-state index is 0.607. The minimum absolute atomic E-state index is 0.607. The fourth-order valence-electron chi connectivity index (χ4n) is 2.29. The molecule has 1 aromatic heterocycles. The molecule has 2 aromatic carbocycles. The van der Waals surface area contributed by atoms with Gasteiger partial charge in [0, 0.05) is 17.1 Å². The van der Waals surface area contributed by atoms with Gasteiger partial charge in [0.25, 0.3) is 0 Å². The highest BCUT2D eigenvalue weighted by Gasteiger charge is 2.13. The first-order chi connectivity index (χ1) is 9.61. The van der Waals surface area contributed by atoms with Gasteiger partial charge in [0.2, 0.25) is 0 Å². The van der Waals surface area contributed by atoms with Gasteiger partial charge in [0.05, 0.1) is 11.1 Å². The molecular weight excluding hydrogens is 314 g/mol. The second kappa shape index (κ2) is 4.77. The van der Waals surface area contributed by atoms with E-state index in [2.05, 4.69) is 46.0 Å². The van der Waals surface area contributed by atoms with Gasteiger partial charge < -0.3 is 4.57 Å². The van der Waals surface area contributed by atoms with Crippen molar-refractivity contribution >= 4 is 27.0 Å². The lowest BCUT2D eigenvalue weighted by atomic mass is 10.1. The lowest BCUT2D eigenvalue weighted by molar-refractivity contribution is 0.959. The maximum absolute atomic E-state index is 9.18. The average Bonchev–Trinajstić information content (AvgIpc) is 2.79. The molecule has 3 aromatic rings. The fourth-order valence-corrected chi connectivity index (χ4v) is 2.67. The van der Waals surface area contributed by atoms with Crippen LogP contribution in [0.5, 0.6) is 0 Å². The van der Waals surface area contributed by atoms with Crippen molar-refractivity contribution in [2.45, 2.75) is 6.92 Å². The molecule has 0 saturated carbocycles. The summed E-state index contributed by atoms with van der Waals surface area (Å²) in [6, 6.07) is 14.0. The van der Waals surface area contributed by atoms with Crippen LogP contribution in [-0.4, -0.2) is 9.55 Å². The number of hydrogen-bond donors (Lipinski definition) is 0. The summed E-state index contributed by atoms with van der Waals surface area (Å²) < 4.78 is 3.08. The van der Waals surface area contributed by atoms with Crippen LogP contribution in [0.25, 0.3) is 22.4 Å². The molecule has 0 aliphatic rings. The SMILES string of the molecule is Cc1ccc(-c2nc3c(C#N)cccc3n2C)cc1Br. The average molecular weight is 326 g/mol. The van der Waals surface area contributed by atoms with Gasteiger partial charge in [-0.3, -0.25) is 0 Å². The quantitative estimate of drug-likeness (QED) is 0.673. The van der Waals surface area contributed by atoms with Crippen molar-refractivity contribution in [3.8, 4) is 17.5 Å². The monoisotopic (exact) mass is 325 g/mol. The molecule has 0 aliphatic heterocycles. The summed E-state index contributed by atoms with van der Waals surface area (Å²) in [6.45, 7) is 2.05. The Balaban J connectivity index is 2.29. The van der Waals surface area contributed by atoms with Crippen LogP contribution in [0, 0.1) is 18.3 Å². The van der Waals surface area contributed by atoms with E-state index in [-0.39, 0.29) is 0 Å². The summed E-state index contributed by atoms with van der Waals surface area (Å²) in [5.74, 6) is 0.864. The van der Waals surface area contributed by atoms with E-state index in [0.717, 1.165) is 26.9 Å². The van der Waals surface area contributed by atoms with Gasteiger partial charge in [-0.05, 0) is 30.7 Å². The molecule has 1 heterocycles. The van der Waals surface area contributed by atoms with Crippen LogP contribution in [0.15, 0.2) is 40.9 Å². The zero-order chi connectivity index (χ0) is 14.3. The Bertz CT molecular complexity index is 856. The lowest BCUT2D eigenvalue weighted by Gasteiger charge is -2.04. The van der Waals surface area contributed by atoms with Crippen LogP contribution in [0.2, 0.25) is 0 Å². The van der Waals surface area contributed by atoms with Crippen molar-refractivity contribution < 1.29 is 0 Å². The molecule has 0 fully saturated rings. The molecule has 3 rings (SSSR count). The molecule has 0 saturated heterocycles. The smallest absolute Gasteiger partial charge is 0.140 e. The Morgan fingerprint density at radius 1 is 1.25 bits per heavy atom. The van der Waals surface area contributed by atoms with E-state index in [1.165, 1.54) is 5.56 Å². The van der Waals surface area contributed by atoms with Crippen molar-refractivity contribution in [2.24, 2.45) is 7.05 Å². The van der Waals surface area contributed by atoms with E-state index < -0.39 is 0 Å². The number of benzene rings is 2. The second-order valence-electron chi connectivity index (χ2n) is 4.74. The highest BCUT2D eigenvalue weighted by molar-refractivity contribution is 9.10. The first kappa shape index (κ1) is 12.9. The summed E-state index contributed by atoms with van der Waals surface area (Å²) in [6.07, 6.45) is 0. The van der Waals surface area contributed by atoms with E-state index in [1.54, 1.807) is 6.07 Å². The number of rotatable bonds is 1. The number of hydrogen-bond acceptors (Lipinski definition) is 2. The summed E-state index contributed by atoms with van der Waals surface area (Å²) in [7, 11) is 1.97. The van der Waals surface area contributed by atoms with Crippen LogP contribution in [-0.2, 0) is 7.05 Å². The fraction of sp³-hybridized carbons (Fsp3) is 0.125. The first-order valence-corrected chi connectivity index (χ1v) is 7.03. The third kappa shape index (κ3) is 1.91. The highest BCUT2D eigenvalue weighted by atomic mass is 79.9. The molecule has 0 atom stereocenters. The molecule has 0 unspecified atom stereocenters. The standard InChI is InChI=1S/C16H12BrN3/c1-10-6-7-11(8-13(10)17)16-19-15-12(9-18)4-3-5-14(15)20(16)2/h3-8H,1-2H3. The van der Waals surface area contributed by atoms with Gasteiger partial charge in [-0.25, -0.2) is 4.98 Å². The normalized spacial score (nSPS) is 10.7. The third-order valence-electron chi connectivity index (χ3n) is 3.46. The predicted octanol–water partition coefficient (Wildman–Crippen LogP) is 4.18. The zero-order valence-corrected chi connectivity index (χ0v) is 12.8. The number of nitrogens with zero attached hydrogens (tertiary/aromatic N) is 3. The van der Waals surface area contributed by atoms with Crippen molar-refractivity contribution in [1.82, 2.24) is 9.55 Å². The van der Waals surface area contributed by atoms with Crippen molar-refractivity contribution in [3.05, 3.63) is 52.0 Å². The van der Waals surface area contributed by atoms with Gasteiger partial charge in [-0.15, -0.1) is 0 Å². The molecule has 0 spiro atoms. The maximum Gasteiger partial charge on any atom is 0.140 e. The van der Waals surface area contributed by atoms with Crippen LogP contribution in [0.4, 0.5) is 0 Å². The number of halogens is 1. The highest BCUT2D eigenvalue weighted by Crippen LogP contribution is 2.28. The Labute approximate surface area is 125 Å². The summed E-state index contributed by atoms with van der Waals surface area (Å²) >= 11 is 3.55. The minimum Gasteiger partial charge on any atom is -0.327 e. The Morgan fingerprint density at radius 3 is 2.75 bits per heavy atom. The van der Waals surface area contributed by atoms with Crippen LogP contribution >= 0.6 is 15.9 Å². The lowest BCUT2D eigenvalue weighted by Crippen LogP contribution is -1.92. The summed E-state index contributed by atoms with van der Waals surface area (Å²) in [4.78, 5) is 4.64. The summed E-state index contributed by atoms with van der Waals surface area (Å²) in [5, 5.41) is 9.18. The second-order valence-corrected chi connectivity index (χ2v) is 5.60. The zero-order valence-electron chi connectivity index (χ0n) is 11.2. The molecule has 0 aliphatic carbocycles. The largest absolute Gasteiger partial charge is 0.327 e. The molecule has 3 nitrogen and oxygen atoms in total. The van der Waals surface area contributed by atoms with Gasteiger partial charge >= 0.3 is 0 Å². The Hall–Kier alpha value is -2.12. The van der Waals surface area contributed by atoms with Crippen LogP contribution < -0.4 is 0 Å². The maximum atomic E-state index is 9.18. The number of aromatic nitrogens is 2. The van der Waals surface area contributed by atoms with Crippen molar-refractivity contribution in [1.29, 1.82) is 5.26 Å². The van der Waals surface area contributed by atoms with E-state index in [0.29, 0.717) is 5.56 Å². The van der Waals surface area contributed by atoms with Gasteiger partial charge in [-0.1, -0.05) is 34.1 Å².